The molecule has 3 nitrogen and oxygen atoms in total. The van der Waals surface area contributed by atoms with Gasteiger partial charge in [0.1, 0.15) is 5.82 Å². The monoisotopic (exact) mass is 403 g/mol. The van der Waals surface area contributed by atoms with Crippen molar-refractivity contribution < 1.29 is 0 Å². The molecule has 1 aromatic carbocycles. The maximum absolute atomic E-state index is 6.09. The van der Waals surface area contributed by atoms with Gasteiger partial charge in [0.05, 0.1) is 15.2 Å². The van der Waals surface area contributed by atoms with E-state index in [0.717, 1.165) is 20.2 Å². The van der Waals surface area contributed by atoms with E-state index in [2.05, 4.69) is 55.7 Å². The number of nitrogen functional groups attached to an aromatic ring is 1. The molecule has 6 heteroatoms. The molecule has 0 unspecified atom stereocenters. The third-order valence-corrected chi connectivity index (χ3v) is 4.67. The van der Waals surface area contributed by atoms with E-state index in [0.29, 0.717) is 16.7 Å². The first-order valence-corrected chi connectivity index (χ1v) is 7.65. The molecule has 0 fully saturated rings. The van der Waals surface area contributed by atoms with Crippen LogP contribution in [0.1, 0.15) is 25.5 Å². The Morgan fingerprint density at radius 3 is 2.47 bits per heavy atom. The minimum Gasteiger partial charge on any atom is -0.383 e. The zero-order valence-corrected chi connectivity index (χ0v) is 14.3. The molecule has 0 aliphatic rings. The lowest BCUT2D eigenvalue weighted by Crippen LogP contribution is -2.04. The van der Waals surface area contributed by atoms with Gasteiger partial charge in [0.2, 0.25) is 0 Å². The van der Waals surface area contributed by atoms with Crippen LogP contribution in [0.2, 0.25) is 5.02 Å². The van der Waals surface area contributed by atoms with Crippen LogP contribution in [0, 0.1) is 0 Å². The number of hydrogen-bond donors (Lipinski definition) is 1. The second kappa shape index (κ2) is 5.77. The Morgan fingerprint density at radius 2 is 1.89 bits per heavy atom. The highest BCUT2D eigenvalue weighted by Gasteiger charge is 2.14. The Hall–Kier alpha value is -0.650. The summed E-state index contributed by atoms with van der Waals surface area (Å²) in [4.78, 5) is 8.86. The predicted octanol–water partition coefficient (Wildman–Crippen LogP) is 5.03. The molecular formula is C13H12Br2ClN3. The average molecular weight is 406 g/mol. The summed E-state index contributed by atoms with van der Waals surface area (Å²) >= 11 is 12.9. The maximum Gasteiger partial charge on any atom is 0.161 e. The molecule has 0 spiro atoms. The fourth-order valence-electron chi connectivity index (χ4n) is 1.63. The minimum atomic E-state index is 0.254. The molecule has 100 valence electrons. The van der Waals surface area contributed by atoms with Crippen molar-refractivity contribution in [3.05, 3.63) is 37.9 Å². The van der Waals surface area contributed by atoms with Crippen molar-refractivity contribution in [3.63, 3.8) is 0 Å². The lowest BCUT2D eigenvalue weighted by atomic mass is 10.1. The second-order valence-corrected chi connectivity index (χ2v) is 6.47. The number of anilines is 1. The van der Waals surface area contributed by atoms with Gasteiger partial charge >= 0.3 is 0 Å². The fourth-order valence-corrected chi connectivity index (χ4v) is 2.69. The largest absolute Gasteiger partial charge is 0.383 e. The molecule has 0 saturated heterocycles. The summed E-state index contributed by atoms with van der Waals surface area (Å²) in [6, 6.07) is 5.59. The number of benzene rings is 1. The molecule has 2 aromatic rings. The van der Waals surface area contributed by atoms with Gasteiger partial charge in [-0.1, -0.05) is 25.4 Å². The van der Waals surface area contributed by atoms with Gasteiger partial charge in [0.15, 0.2) is 5.82 Å². The number of hydrogen-bond acceptors (Lipinski definition) is 3. The van der Waals surface area contributed by atoms with Gasteiger partial charge in [0, 0.05) is 10.0 Å². The molecule has 1 aromatic heterocycles. The van der Waals surface area contributed by atoms with Gasteiger partial charge in [-0.2, -0.15) is 0 Å². The van der Waals surface area contributed by atoms with Crippen molar-refractivity contribution in [1.29, 1.82) is 0 Å². The predicted molar refractivity (Wildman–Crippen MR) is 86.4 cm³/mol. The summed E-state index contributed by atoms with van der Waals surface area (Å²) in [5.74, 6) is 1.27. The number of nitrogens with two attached hydrogens (primary N) is 1. The third-order valence-electron chi connectivity index (χ3n) is 2.63. The van der Waals surface area contributed by atoms with Crippen LogP contribution in [0.4, 0.5) is 5.82 Å². The first-order chi connectivity index (χ1) is 8.90. The zero-order valence-electron chi connectivity index (χ0n) is 10.4. The Labute approximate surface area is 133 Å². The molecule has 1 heterocycles. The van der Waals surface area contributed by atoms with Crippen LogP contribution in [0.15, 0.2) is 27.1 Å². The number of nitrogens with zero attached hydrogens (tertiary/aromatic N) is 2. The molecule has 0 atom stereocenters. The standard InChI is InChI=1S/C13H12Br2ClN3/c1-6(2)11-10(15)12(17)19-13(18-11)7-3-4-8(14)9(16)5-7/h3-6H,1-2H3,(H2,17,18,19). The highest BCUT2D eigenvalue weighted by Crippen LogP contribution is 2.32. The smallest absolute Gasteiger partial charge is 0.161 e. The molecule has 19 heavy (non-hydrogen) atoms. The van der Waals surface area contributed by atoms with E-state index in [1.54, 1.807) is 0 Å². The number of aromatic nitrogens is 2. The van der Waals surface area contributed by atoms with Crippen molar-refractivity contribution in [2.45, 2.75) is 19.8 Å². The van der Waals surface area contributed by atoms with Crippen molar-refractivity contribution in [1.82, 2.24) is 9.97 Å². The SMILES string of the molecule is CC(C)c1nc(-c2ccc(Br)c(Cl)c2)nc(N)c1Br. The van der Waals surface area contributed by atoms with Crippen molar-refractivity contribution in [2.75, 3.05) is 5.73 Å². The first-order valence-electron chi connectivity index (χ1n) is 5.68. The third kappa shape index (κ3) is 3.09. The van der Waals surface area contributed by atoms with Gasteiger partial charge in [-0.3, -0.25) is 0 Å². The Kier molecular flexibility index (Phi) is 4.48. The molecule has 0 amide bonds. The van der Waals surface area contributed by atoms with Gasteiger partial charge in [-0.15, -0.1) is 0 Å². The van der Waals surface area contributed by atoms with Crippen molar-refractivity contribution >= 4 is 49.3 Å². The Balaban J connectivity index is 2.59. The summed E-state index contributed by atoms with van der Waals surface area (Å²) in [5.41, 5.74) is 7.66. The van der Waals surface area contributed by atoms with E-state index in [-0.39, 0.29) is 5.92 Å². The molecule has 2 N–H and O–H groups in total. The summed E-state index contributed by atoms with van der Waals surface area (Å²) in [6.45, 7) is 4.12. The minimum absolute atomic E-state index is 0.254. The Bertz CT molecular complexity index is 630. The summed E-state index contributed by atoms with van der Waals surface area (Å²) in [7, 11) is 0. The van der Waals surface area contributed by atoms with Crippen molar-refractivity contribution in [2.24, 2.45) is 0 Å². The molecule has 0 aliphatic heterocycles. The van der Waals surface area contributed by atoms with Gasteiger partial charge in [-0.05, 0) is 56.0 Å². The van der Waals surface area contributed by atoms with E-state index in [1.807, 2.05) is 18.2 Å². The van der Waals surface area contributed by atoms with E-state index in [4.69, 9.17) is 17.3 Å². The van der Waals surface area contributed by atoms with Crippen LogP contribution in [-0.4, -0.2) is 9.97 Å². The van der Waals surface area contributed by atoms with Gasteiger partial charge in [0.25, 0.3) is 0 Å². The van der Waals surface area contributed by atoms with Crippen LogP contribution < -0.4 is 5.73 Å². The first kappa shape index (κ1) is 14.8. The highest BCUT2D eigenvalue weighted by atomic mass is 79.9. The van der Waals surface area contributed by atoms with E-state index in [1.165, 1.54) is 0 Å². The van der Waals surface area contributed by atoms with E-state index in [9.17, 15) is 0 Å². The Morgan fingerprint density at radius 1 is 1.21 bits per heavy atom. The average Bonchev–Trinajstić information content (AvgIpc) is 2.35. The summed E-state index contributed by atoms with van der Waals surface area (Å²) in [5, 5.41) is 0.619. The van der Waals surface area contributed by atoms with E-state index < -0.39 is 0 Å². The maximum atomic E-state index is 6.09. The summed E-state index contributed by atoms with van der Waals surface area (Å²) < 4.78 is 1.60. The molecule has 0 saturated carbocycles. The lowest BCUT2D eigenvalue weighted by molar-refractivity contribution is 0.811. The topological polar surface area (TPSA) is 51.8 Å². The quantitative estimate of drug-likeness (QED) is 0.763. The van der Waals surface area contributed by atoms with Crippen LogP contribution in [0.25, 0.3) is 11.4 Å². The van der Waals surface area contributed by atoms with Crippen LogP contribution in [0.3, 0.4) is 0 Å². The zero-order chi connectivity index (χ0) is 14.2. The van der Waals surface area contributed by atoms with Crippen LogP contribution in [-0.2, 0) is 0 Å². The van der Waals surface area contributed by atoms with Crippen molar-refractivity contribution in [3.8, 4) is 11.4 Å². The molecule has 2 rings (SSSR count). The molecule has 0 radical (unpaired) electrons. The van der Waals surface area contributed by atoms with E-state index >= 15 is 0 Å². The molecular weight excluding hydrogens is 393 g/mol. The number of rotatable bonds is 2. The summed E-state index contributed by atoms with van der Waals surface area (Å²) in [6.07, 6.45) is 0. The molecule has 0 aliphatic carbocycles. The highest BCUT2D eigenvalue weighted by molar-refractivity contribution is 9.11. The fraction of sp³-hybridized carbons (Fsp3) is 0.231. The van der Waals surface area contributed by atoms with Gasteiger partial charge in [-0.25, -0.2) is 9.97 Å². The number of halogens is 3. The van der Waals surface area contributed by atoms with Crippen LogP contribution in [0.5, 0.6) is 0 Å². The molecule has 0 bridgehead atoms. The lowest BCUT2D eigenvalue weighted by Gasteiger charge is -2.11. The van der Waals surface area contributed by atoms with Gasteiger partial charge < -0.3 is 5.73 Å². The normalized spacial score (nSPS) is 11.1. The van der Waals surface area contributed by atoms with Crippen LogP contribution >= 0.6 is 43.5 Å². The second-order valence-electron chi connectivity index (χ2n) is 4.42.